The SMILES string of the molecule is O.S.[PbH2].[SbH3].[Zn]. The van der Waals surface area contributed by atoms with Crippen molar-refractivity contribution in [2.75, 3.05) is 0 Å². The minimum atomic E-state index is 0. The molecule has 0 aromatic heterocycles. The van der Waals surface area contributed by atoms with E-state index in [1.165, 1.54) is 0 Å². The van der Waals surface area contributed by atoms with Gasteiger partial charge < -0.3 is 5.48 Å². The number of hydrogen-bond acceptors (Lipinski definition) is 0. The molecular weight excluding hydrogens is 442 g/mol. The minimum Gasteiger partial charge on any atom is 0 e. The Morgan fingerprint density at radius 3 is 1.00 bits per heavy atom. The van der Waals surface area contributed by atoms with Crippen LogP contribution in [0.5, 0.6) is 0 Å². The van der Waals surface area contributed by atoms with E-state index in [4.69, 9.17) is 0 Å². The predicted octanol–water partition coefficient (Wildman–Crippen LogP) is -2.81. The molecular formula is H9OPbSSbZn. The summed E-state index contributed by atoms with van der Waals surface area (Å²) in [4.78, 5) is 0. The molecule has 0 aromatic rings. The fourth-order valence-corrected chi connectivity index (χ4v) is 0. The molecule has 0 fully saturated rings. The first-order chi connectivity index (χ1) is 0. The Morgan fingerprint density at radius 2 is 1.00 bits per heavy atom. The molecule has 0 heterocycles. The summed E-state index contributed by atoms with van der Waals surface area (Å²) in [6.07, 6.45) is 0. The minimum absolute atomic E-state index is 0. The molecule has 0 saturated carbocycles. The van der Waals surface area contributed by atoms with Gasteiger partial charge in [0.2, 0.25) is 0 Å². The third kappa shape index (κ3) is 20.4. The van der Waals surface area contributed by atoms with Gasteiger partial charge in [0.25, 0.3) is 0 Å². The third-order valence-electron chi connectivity index (χ3n) is 0. The summed E-state index contributed by atoms with van der Waals surface area (Å²) in [5.41, 5.74) is 0. The number of hydrogen-bond donors (Lipinski definition) is 0. The van der Waals surface area contributed by atoms with Crippen molar-refractivity contribution >= 4 is 65.2 Å². The van der Waals surface area contributed by atoms with Crippen molar-refractivity contribution in [3.05, 3.63) is 0 Å². The summed E-state index contributed by atoms with van der Waals surface area (Å²) in [6, 6.07) is 0. The molecule has 0 amide bonds. The summed E-state index contributed by atoms with van der Waals surface area (Å²) >= 11 is 0. The Hall–Kier alpha value is 2.67. The Kier molecular flexibility index (Phi) is 287. The fraction of sp³-hybridized carbons (Fsp3) is 0. The Labute approximate surface area is 88.8 Å². The van der Waals surface area contributed by atoms with Crippen molar-refractivity contribution < 1.29 is 25.0 Å². The maximum Gasteiger partial charge on any atom is 0 e. The van der Waals surface area contributed by atoms with Crippen LogP contribution >= 0.6 is 13.5 Å². The van der Waals surface area contributed by atoms with Crippen molar-refractivity contribution in [3.63, 3.8) is 0 Å². The second-order valence-corrected chi connectivity index (χ2v) is 0. The molecule has 0 aliphatic carbocycles. The molecule has 0 atom stereocenters. The van der Waals surface area contributed by atoms with E-state index < -0.39 is 0 Å². The van der Waals surface area contributed by atoms with Crippen molar-refractivity contribution in [1.29, 1.82) is 0 Å². The van der Waals surface area contributed by atoms with Crippen LogP contribution in [0, 0.1) is 0 Å². The second kappa shape index (κ2) is 30.1. The zero-order valence-corrected chi connectivity index (χ0v) is 16.6. The quantitative estimate of drug-likeness (QED) is 0.356. The van der Waals surface area contributed by atoms with Crippen LogP contribution < -0.4 is 0 Å². The first kappa shape index (κ1) is 47.8. The van der Waals surface area contributed by atoms with E-state index in [0.29, 0.717) is 0 Å². The molecule has 0 bridgehead atoms. The van der Waals surface area contributed by atoms with Crippen LogP contribution in [-0.4, -0.2) is 57.2 Å². The molecule has 0 spiro atoms. The standard InChI is InChI=1S/H2O.Pb.H2S.Sb.Zn.5H/h1H2;;1H2;;;;;;;. The summed E-state index contributed by atoms with van der Waals surface area (Å²) in [7, 11) is 0. The molecule has 32 valence electrons. The topological polar surface area (TPSA) is 31.5 Å². The molecule has 2 N–H and O–H groups in total. The van der Waals surface area contributed by atoms with Crippen LogP contribution in [0.2, 0.25) is 0 Å². The van der Waals surface area contributed by atoms with Crippen LogP contribution in [0.3, 0.4) is 0 Å². The van der Waals surface area contributed by atoms with Gasteiger partial charge in [-0.25, -0.2) is 0 Å². The molecule has 0 saturated heterocycles. The van der Waals surface area contributed by atoms with Gasteiger partial charge in [0.05, 0.1) is 0 Å². The Morgan fingerprint density at radius 1 is 1.00 bits per heavy atom. The monoisotopic (exact) mass is 450 g/mol. The maximum absolute atomic E-state index is 0. The van der Waals surface area contributed by atoms with E-state index in [9.17, 15) is 0 Å². The normalized spacial score (nSPS) is 0. The van der Waals surface area contributed by atoms with E-state index in [1.807, 2.05) is 0 Å². The van der Waals surface area contributed by atoms with Gasteiger partial charge in [-0.15, -0.1) is 0 Å². The molecule has 5 heavy (non-hydrogen) atoms. The summed E-state index contributed by atoms with van der Waals surface area (Å²) in [6.45, 7) is 0. The molecule has 0 unspecified atom stereocenters. The van der Waals surface area contributed by atoms with Gasteiger partial charge in [0.1, 0.15) is 0 Å². The largest absolute Gasteiger partial charge is 0 e. The molecule has 0 rings (SSSR count). The molecule has 0 aliphatic heterocycles. The van der Waals surface area contributed by atoms with Crippen LogP contribution in [0.1, 0.15) is 0 Å². The van der Waals surface area contributed by atoms with Crippen molar-refractivity contribution in [2.24, 2.45) is 0 Å². The average molecular weight is 451 g/mol. The first-order valence-electron chi connectivity index (χ1n) is 0. The van der Waals surface area contributed by atoms with Crippen molar-refractivity contribution in [1.82, 2.24) is 0 Å². The Bertz CT molecular complexity index is 11.6. The predicted molar refractivity (Wildman–Crippen MR) is 32.5 cm³/mol. The fourth-order valence-electron chi connectivity index (χ4n) is 0. The zero-order valence-electron chi connectivity index (χ0n) is 3.12. The number of rotatable bonds is 0. The molecule has 1 nitrogen and oxygen atoms in total. The van der Waals surface area contributed by atoms with E-state index in [1.54, 1.807) is 0 Å². The van der Waals surface area contributed by atoms with Crippen LogP contribution in [0.15, 0.2) is 0 Å². The summed E-state index contributed by atoms with van der Waals surface area (Å²) < 4.78 is 0. The van der Waals surface area contributed by atoms with Gasteiger partial charge in [-0.1, -0.05) is 0 Å². The molecule has 0 aliphatic rings. The Balaban J connectivity index is 0. The third-order valence-corrected chi connectivity index (χ3v) is 0. The van der Waals surface area contributed by atoms with Gasteiger partial charge >= 0.3 is 51.7 Å². The second-order valence-electron chi connectivity index (χ2n) is 0. The zero-order chi connectivity index (χ0) is 0. The summed E-state index contributed by atoms with van der Waals surface area (Å²) in [5.74, 6) is 0. The van der Waals surface area contributed by atoms with E-state index in [0.717, 1.165) is 0 Å². The van der Waals surface area contributed by atoms with Gasteiger partial charge in [0.15, 0.2) is 0 Å². The van der Waals surface area contributed by atoms with E-state index in [-0.39, 0.29) is 90.2 Å². The molecule has 2 radical (unpaired) electrons. The van der Waals surface area contributed by atoms with Crippen LogP contribution in [0.4, 0.5) is 0 Å². The van der Waals surface area contributed by atoms with Gasteiger partial charge in [0, 0.05) is 19.5 Å². The molecule has 0 aromatic carbocycles. The van der Waals surface area contributed by atoms with Crippen molar-refractivity contribution in [2.45, 2.75) is 0 Å². The summed E-state index contributed by atoms with van der Waals surface area (Å²) in [5, 5.41) is 0. The van der Waals surface area contributed by atoms with Crippen molar-refractivity contribution in [3.8, 4) is 0 Å². The molecule has 5 heteroatoms. The van der Waals surface area contributed by atoms with E-state index in [2.05, 4.69) is 0 Å². The van der Waals surface area contributed by atoms with Crippen LogP contribution in [-0.2, 0) is 19.5 Å². The average Bonchev–Trinajstić information content (AvgIpc) is 0. The van der Waals surface area contributed by atoms with E-state index >= 15 is 0 Å². The van der Waals surface area contributed by atoms with Crippen LogP contribution in [0.25, 0.3) is 0 Å². The maximum atomic E-state index is 0. The first-order valence-corrected chi connectivity index (χ1v) is 0. The van der Waals surface area contributed by atoms with Gasteiger partial charge in [-0.3, -0.25) is 0 Å². The van der Waals surface area contributed by atoms with Gasteiger partial charge in [-0.2, -0.15) is 13.5 Å². The smallest absolute Gasteiger partial charge is 0 e. The van der Waals surface area contributed by atoms with Gasteiger partial charge in [-0.05, 0) is 0 Å².